The van der Waals surface area contributed by atoms with Crippen molar-refractivity contribution in [2.24, 2.45) is 11.8 Å². The average molecular weight is 351 g/mol. The van der Waals surface area contributed by atoms with Crippen molar-refractivity contribution in [3.8, 4) is 0 Å². The maximum absolute atomic E-state index is 6.33. The maximum atomic E-state index is 6.33. The molecule has 0 saturated heterocycles. The summed E-state index contributed by atoms with van der Waals surface area (Å²) in [4.78, 5) is 7.32. The highest BCUT2D eigenvalue weighted by Gasteiger charge is 2.35. The van der Waals surface area contributed by atoms with E-state index >= 15 is 0 Å². The molecule has 0 N–H and O–H groups in total. The van der Waals surface area contributed by atoms with Gasteiger partial charge in [-0.2, -0.15) is 0 Å². The van der Waals surface area contributed by atoms with Crippen LogP contribution >= 0.6 is 0 Å². The summed E-state index contributed by atoms with van der Waals surface area (Å²) in [5.41, 5.74) is 1.17. The van der Waals surface area contributed by atoms with Gasteiger partial charge in [0.15, 0.2) is 8.32 Å². The van der Waals surface area contributed by atoms with Gasteiger partial charge in [0.1, 0.15) is 0 Å². The zero-order valence-electron chi connectivity index (χ0n) is 17.2. The van der Waals surface area contributed by atoms with E-state index in [0.717, 1.165) is 6.61 Å². The minimum absolute atomic E-state index is 0.309. The topological polar surface area (TPSA) is 25.4 Å². The standard InChI is InChI=1S/C20H38N2OSi/c1-15(2)19(14-23-24(7,8)9)22(17(5)6)20(16(3)4)18-12-10-11-13-21-18/h10-13,15-17,19-20H,14H2,1-9H3/t19-,20+/m1/s1. The highest BCUT2D eigenvalue weighted by molar-refractivity contribution is 6.69. The van der Waals surface area contributed by atoms with Crippen molar-refractivity contribution >= 4 is 8.32 Å². The highest BCUT2D eigenvalue weighted by Crippen LogP contribution is 2.33. The van der Waals surface area contributed by atoms with Gasteiger partial charge in [0.25, 0.3) is 0 Å². The number of pyridine rings is 1. The summed E-state index contributed by atoms with van der Waals surface area (Å²) in [6.45, 7) is 21.4. The molecule has 0 aliphatic heterocycles. The predicted octanol–water partition coefficient (Wildman–Crippen LogP) is 5.37. The Morgan fingerprint density at radius 3 is 2.00 bits per heavy atom. The molecule has 0 aliphatic rings. The van der Waals surface area contributed by atoms with Gasteiger partial charge in [-0.3, -0.25) is 9.88 Å². The van der Waals surface area contributed by atoms with Crippen LogP contribution in [0.3, 0.4) is 0 Å². The Labute approximate surface area is 151 Å². The Kier molecular flexibility index (Phi) is 8.10. The molecule has 0 fully saturated rings. The Hall–Kier alpha value is -0.713. The first kappa shape index (κ1) is 21.3. The van der Waals surface area contributed by atoms with Crippen LogP contribution in [0.4, 0.5) is 0 Å². The van der Waals surface area contributed by atoms with E-state index in [4.69, 9.17) is 4.43 Å². The Balaban J connectivity index is 3.19. The summed E-state index contributed by atoms with van der Waals surface area (Å²) in [7, 11) is -1.53. The lowest BCUT2D eigenvalue weighted by molar-refractivity contribution is 0.0141. The summed E-state index contributed by atoms with van der Waals surface area (Å²) in [5, 5.41) is 0. The second kappa shape index (κ2) is 9.11. The zero-order valence-corrected chi connectivity index (χ0v) is 18.2. The fourth-order valence-corrected chi connectivity index (χ4v) is 3.93. The first-order chi connectivity index (χ1) is 11.0. The Morgan fingerprint density at radius 1 is 1.00 bits per heavy atom. The number of rotatable bonds is 9. The lowest BCUT2D eigenvalue weighted by atomic mass is 9.92. The van der Waals surface area contributed by atoms with Gasteiger partial charge in [0, 0.05) is 24.9 Å². The molecule has 0 amide bonds. The first-order valence-corrected chi connectivity index (χ1v) is 12.8. The van der Waals surface area contributed by atoms with E-state index in [0.29, 0.717) is 30.0 Å². The Bertz CT molecular complexity index is 468. The minimum atomic E-state index is -1.53. The van der Waals surface area contributed by atoms with Crippen molar-refractivity contribution in [1.29, 1.82) is 0 Å². The Morgan fingerprint density at radius 2 is 1.62 bits per heavy atom. The number of nitrogens with zero attached hydrogens (tertiary/aromatic N) is 2. The van der Waals surface area contributed by atoms with E-state index < -0.39 is 8.32 Å². The van der Waals surface area contributed by atoms with Gasteiger partial charge in [-0.1, -0.05) is 33.8 Å². The average Bonchev–Trinajstić information content (AvgIpc) is 2.45. The summed E-state index contributed by atoms with van der Waals surface area (Å²) in [6.07, 6.45) is 1.91. The van der Waals surface area contributed by atoms with Crippen LogP contribution in [0, 0.1) is 11.8 Å². The van der Waals surface area contributed by atoms with Gasteiger partial charge in [0.05, 0.1) is 11.7 Å². The molecule has 138 valence electrons. The quantitative estimate of drug-likeness (QED) is 0.560. The van der Waals surface area contributed by atoms with Crippen LogP contribution in [0.5, 0.6) is 0 Å². The van der Waals surface area contributed by atoms with Crippen LogP contribution in [0.1, 0.15) is 53.3 Å². The van der Waals surface area contributed by atoms with Gasteiger partial charge in [-0.25, -0.2) is 0 Å². The molecule has 1 aromatic rings. The summed E-state index contributed by atoms with van der Waals surface area (Å²) in [6, 6.07) is 7.40. The van der Waals surface area contributed by atoms with Gasteiger partial charge in [-0.05, 0) is 57.5 Å². The summed E-state index contributed by atoms with van der Waals surface area (Å²) in [5.74, 6) is 1.03. The molecule has 0 saturated carbocycles. The molecule has 1 aromatic heterocycles. The van der Waals surface area contributed by atoms with Crippen molar-refractivity contribution in [3.63, 3.8) is 0 Å². The second-order valence-electron chi connectivity index (χ2n) is 8.72. The van der Waals surface area contributed by atoms with E-state index in [-0.39, 0.29) is 0 Å². The van der Waals surface area contributed by atoms with Crippen LogP contribution in [-0.2, 0) is 4.43 Å². The van der Waals surface area contributed by atoms with E-state index in [2.05, 4.69) is 83.2 Å². The van der Waals surface area contributed by atoms with Gasteiger partial charge in [-0.15, -0.1) is 0 Å². The van der Waals surface area contributed by atoms with Crippen molar-refractivity contribution in [1.82, 2.24) is 9.88 Å². The fraction of sp³-hybridized carbons (Fsp3) is 0.750. The normalized spacial score (nSPS) is 15.5. The third-order valence-corrected chi connectivity index (χ3v) is 5.41. The number of hydrogen-bond acceptors (Lipinski definition) is 3. The van der Waals surface area contributed by atoms with E-state index in [1.807, 2.05) is 12.3 Å². The summed E-state index contributed by atoms with van der Waals surface area (Å²) < 4.78 is 6.33. The third-order valence-electron chi connectivity index (χ3n) is 4.38. The third kappa shape index (κ3) is 6.30. The minimum Gasteiger partial charge on any atom is -0.416 e. The SMILES string of the molecule is CC(C)[C@@H](CO[Si](C)(C)C)N(C(C)C)[C@H](c1ccccn1)C(C)C. The smallest absolute Gasteiger partial charge is 0.183 e. The molecule has 1 heterocycles. The van der Waals surface area contributed by atoms with Gasteiger partial charge in [0.2, 0.25) is 0 Å². The lowest BCUT2D eigenvalue weighted by Crippen LogP contribution is -2.51. The monoisotopic (exact) mass is 350 g/mol. The summed E-state index contributed by atoms with van der Waals surface area (Å²) >= 11 is 0. The zero-order chi connectivity index (χ0) is 18.5. The van der Waals surface area contributed by atoms with E-state index in [9.17, 15) is 0 Å². The molecule has 2 atom stereocenters. The molecular formula is C20H38N2OSi. The van der Waals surface area contributed by atoms with Crippen molar-refractivity contribution < 1.29 is 4.43 Å². The van der Waals surface area contributed by atoms with Crippen LogP contribution in [0.15, 0.2) is 24.4 Å². The molecule has 0 spiro atoms. The number of aromatic nitrogens is 1. The molecule has 0 radical (unpaired) electrons. The van der Waals surface area contributed by atoms with E-state index in [1.165, 1.54) is 5.69 Å². The van der Waals surface area contributed by atoms with Crippen LogP contribution in [0.25, 0.3) is 0 Å². The van der Waals surface area contributed by atoms with Crippen molar-refractivity contribution in [2.75, 3.05) is 6.61 Å². The van der Waals surface area contributed by atoms with Crippen LogP contribution in [-0.4, -0.2) is 36.9 Å². The van der Waals surface area contributed by atoms with E-state index in [1.54, 1.807) is 0 Å². The van der Waals surface area contributed by atoms with Gasteiger partial charge < -0.3 is 4.43 Å². The molecule has 0 aliphatic carbocycles. The van der Waals surface area contributed by atoms with Crippen LogP contribution in [0.2, 0.25) is 19.6 Å². The molecule has 3 nitrogen and oxygen atoms in total. The molecule has 4 heteroatoms. The lowest BCUT2D eigenvalue weighted by Gasteiger charge is -2.45. The van der Waals surface area contributed by atoms with Crippen molar-refractivity contribution in [3.05, 3.63) is 30.1 Å². The van der Waals surface area contributed by atoms with Gasteiger partial charge >= 0.3 is 0 Å². The number of hydrogen-bond donors (Lipinski definition) is 0. The molecule has 0 aromatic carbocycles. The second-order valence-corrected chi connectivity index (χ2v) is 13.2. The molecule has 24 heavy (non-hydrogen) atoms. The van der Waals surface area contributed by atoms with Crippen LogP contribution < -0.4 is 0 Å². The molecule has 0 unspecified atom stereocenters. The molecular weight excluding hydrogens is 312 g/mol. The predicted molar refractivity (Wildman–Crippen MR) is 107 cm³/mol. The largest absolute Gasteiger partial charge is 0.416 e. The molecule has 0 bridgehead atoms. The fourth-order valence-electron chi connectivity index (χ4n) is 3.26. The highest BCUT2D eigenvalue weighted by atomic mass is 28.4. The van der Waals surface area contributed by atoms with Crippen molar-refractivity contribution in [2.45, 2.75) is 79.3 Å². The maximum Gasteiger partial charge on any atom is 0.183 e. The molecule has 1 rings (SSSR count). The first-order valence-electron chi connectivity index (χ1n) is 9.37.